The highest BCUT2D eigenvalue weighted by Gasteiger charge is 2.32. The van der Waals surface area contributed by atoms with Crippen molar-refractivity contribution in [3.05, 3.63) is 52.5 Å². The Morgan fingerprint density at radius 1 is 1.21 bits per heavy atom. The molecule has 0 spiro atoms. The second-order valence-electron chi connectivity index (χ2n) is 7.08. The number of carbonyl (C=O) groups is 2. The summed E-state index contributed by atoms with van der Waals surface area (Å²) >= 11 is 1.43. The summed E-state index contributed by atoms with van der Waals surface area (Å²) in [5.41, 5.74) is 2.00. The van der Waals surface area contributed by atoms with E-state index >= 15 is 0 Å². The molecule has 0 bridgehead atoms. The van der Waals surface area contributed by atoms with Crippen LogP contribution >= 0.6 is 11.3 Å². The lowest BCUT2D eigenvalue weighted by Crippen LogP contribution is -2.52. The Bertz CT molecular complexity index is 917. The van der Waals surface area contributed by atoms with E-state index in [-0.39, 0.29) is 17.9 Å². The van der Waals surface area contributed by atoms with Gasteiger partial charge >= 0.3 is 0 Å². The van der Waals surface area contributed by atoms with E-state index in [9.17, 15) is 9.59 Å². The van der Waals surface area contributed by atoms with Crippen LogP contribution in [-0.2, 0) is 11.2 Å². The number of aromatic amines is 1. The van der Waals surface area contributed by atoms with Crippen LogP contribution in [0.25, 0.3) is 11.0 Å². The zero-order chi connectivity index (χ0) is 19.3. The standard InChI is InChI=1S/C21H24N4O2S/c26-20(17-9-3-4-13-25(17)21(27)18-10-6-14-28-18)22-12-5-11-19-23-15-7-1-2-8-16(15)24-19/h1-2,6-8,10,14,17H,3-5,9,11-13H2,(H,22,26)(H,23,24). The highest BCUT2D eigenvalue weighted by molar-refractivity contribution is 7.12. The summed E-state index contributed by atoms with van der Waals surface area (Å²) in [6.45, 7) is 1.22. The second-order valence-corrected chi connectivity index (χ2v) is 8.03. The van der Waals surface area contributed by atoms with Gasteiger partial charge in [0.15, 0.2) is 0 Å². The van der Waals surface area contributed by atoms with E-state index in [2.05, 4.69) is 15.3 Å². The minimum Gasteiger partial charge on any atom is -0.354 e. The lowest BCUT2D eigenvalue weighted by molar-refractivity contribution is -0.126. The Labute approximate surface area is 168 Å². The molecule has 2 aromatic heterocycles. The van der Waals surface area contributed by atoms with Crippen molar-refractivity contribution in [1.29, 1.82) is 0 Å². The van der Waals surface area contributed by atoms with Crippen molar-refractivity contribution in [2.45, 2.75) is 38.1 Å². The zero-order valence-corrected chi connectivity index (χ0v) is 16.5. The molecule has 1 aliphatic rings. The van der Waals surface area contributed by atoms with E-state index in [4.69, 9.17) is 0 Å². The number of carbonyl (C=O) groups excluding carboxylic acids is 2. The van der Waals surface area contributed by atoms with Crippen LogP contribution in [0.4, 0.5) is 0 Å². The maximum Gasteiger partial charge on any atom is 0.264 e. The van der Waals surface area contributed by atoms with E-state index in [1.807, 2.05) is 41.8 Å². The van der Waals surface area contributed by atoms with Gasteiger partial charge in [-0.25, -0.2) is 4.98 Å². The number of aryl methyl sites for hydroxylation is 1. The van der Waals surface area contributed by atoms with Gasteiger partial charge in [-0.2, -0.15) is 0 Å². The summed E-state index contributed by atoms with van der Waals surface area (Å²) in [4.78, 5) is 35.7. The van der Waals surface area contributed by atoms with Crippen LogP contribution in [0.3, 0.4) is 0 Å². The Morgan fingerprint density at radius 3 is 2.93 bits per heavy atom. The first-order valence-electron chi connectivity index (χ1n) is 9.78. The van der Waals surface area contributed by atoms with Crippen LogP contribution in [0, 0.1) is 0 Å². The van der Waals surface area contributed by atoms with E-state index < -0.39 is 0 Å². The Kier molecular flexibility index (Phi) is 5.71. The Morgan fingerprint density at radius 2 is 2.11 bits per heavy atom. The molecule has 6 nitrogen and oxygen atoms in total. The van der Waals surface area contributed by atoms with Crippen LogP contribution in [0.2, 0.25) is 0 Å². The summed E-state index contributed by atoms with van der Waals surface area (Å²) < 4.78 is 0. The second kappa shape index (κ2) is 8.56. The van der Waals surface area contributed by atoms with E-state index in [0.29, 0.717) is 18.0 Å². The largest absolute Gasteiger partial charge is 0.354 e. The molecule has 1 aromatic carbocycles. The molecule has 0 radical (unpaired) electrons. The third-order valence-electron chi connectivity index (χ3n) is 5.13. The van der Waals surface area contributed by atoms with Gasteiger partial charge in [-0.15, -0.1) is 11.3 Å². The highest BCUT2D eigenvalue weighted by atomic mass is 32.1. The number of nitrogens with zero attached hydrogens (tertiary/aromatic N) is 2. The predicted molar refractivity (Wildman–Crippen MR) is 110 cm³/mol. The van der Waals surface area contributed by atoms with Crippen molar-refractivity contribution in [1.82, 2.24) is 20.2 Å². The minimum absolute atomic E-state index is 0.0304. The van der Waals surface area contributed by atoms with Gasteiger partial charge in [0.2, 0.25) is 5.91 Å². The zero-order valence-electron chi connectivity index (χ0n) is 15.7. The predicted octanol–water partition coefficient (Wildman–Crippen LogP) is 3.37. The number of thiophene rings is 1. The van der Waals surface area contributed by atoms with E-state index in [0.717, 1.165) is 49.0 Å². The quantitative estimate of drug-likeness (QED) is 0.627. The lowest BCUT2D eigenvalue weighted by atomic mass is 10.0. The van der Waals surface area contributed by atoms with Crippen LogP contribution in [-0.4, -0.2) is 45.8 Å². The molecule has 1 saturated heterocycles. The first-order valence-corrected chi connectivity index (χ1v) is 10.7. The average molecular weight is 397 g/mol. The monoisotopic (exact) mass is 396 g/mol. The number of piperidine rings is 1. The summed E-state index contributed by atoms with van der Waals surface area (Å²) in [7, 11) is 0. The molecule has 2 N–H and O–H groups in total. The molecular formula is C21H24N4O2S. The van der Waals surface area contributed by atoms with Gasteiger partial charge in [-0.1, -0.05) is 18.2 Å². The van der Waals surface area contributed by atoms with E-state index in [1.165, 1.54) is 11.3 Å². The first-order chi connectivity index (χ1) is 13.7. The van der Waals surface area contributed by atoms with Gasteiger partial charge in [-0.3, -0.25) is 9.59 Å². The van der Waals surface area contributed by atoms with Gasteiger partial charge in [0, 0.05) is 19.5 Å². The number of fused-ring (bicyclic) bond motifs is 1. The van der Waals surface area contributed by atoms with Gasteiger partial charge < -0.3 is 15.2 Å². The minimum atomic E-state index is -0.366. The molecule has 3 heterocycles. The number of amides is 2. The van der Waals surface area contributed by atoms with Crippen LogP contribution in [0.5, 0.6) is 0 Å². The fourth-order valence-corrected chi connectivity index (χ4v) is 4.38. The van der Waals surface area contributed by atoms with Crippen LogP contribution < -0.4 is 5.32 Å². The fraction of sp³-hybridized carbons (Fsp3) is 0.381. The molecule has 1 fully saturated rings. The van der Waals surface area contributed by atoms with Crippen LogP contribution in [0.15, 0.2) is 41.8 Å². The van der Waals surface area contributed by atoms with Crippen molar-refractivity contribution in [3.63, 3.8) is 0 Å². The molecule has 0 aliphatic carbocycles. The maximum absolute atomic E-state index is 12.7. The number of para-hydroxylation sites is 2. The molecule has 28 heavy (non-hydrogen) atoms. The topological polar surface area (TPSA) is 78.1 Å². The molecular weight excluding hydrogens is 372 g/mol. The van der Waals surface area contributed by atoms with Gasteiger partial charge in [0.1, 0.15) is 11.9 Å². The van der Waals surface area contributed by atoms with Crippen molar-refractivity contribution in [2.75, 3.05) is 13.1 Å². The Hall–Kier alpha value is -2.67. The molecule has 4 rings (SSSR count). The molecule has 1 unspecified atom stereocenters. The SMILES string of the molecule is O=C(NCCCc1nc2ccccc2[nH]1)C1CCCCN1C(=O)c1cccs1. The summed E-state index contributed by atoms with van der Waals surface area (Å²) in [6.07, 6.45) is 4.24. The summed E-state index contributed by atoms with van der Waals surface area (Å²) in [5, 5.41) is 4.91. The van der Waals surface area contributed by atoms with Crippen molar-refractivity contribution in [2.24, 2.45) is 0 Å². The number of imidazole rings is 1. The van der Waals surface area contributed by atoms with Crippen molar-refractivity contribution < 1.29 is 9.59 Å². The molecule has 7 heteroatoms. The number of benzene rings is 1. The lowest BCUT2D eigenvalue weighted by Gasteiger charge is -2.34. The maximum atomic E-state index is 12.7. The van der Waals surface area contributed by atoms with Gasteiger partial charge in [0.25, 0.3) is 5.91 Å². The molecule has 1 atom stereocenters. The first kappa shape index (κ1) is 18.7. The molecule has 1 aliphatic heterocycles. The number of H-pyrrole nitrogens is 1. The normalized spacial score (nSPS) is 17.0. The number of rotatable bonds is 6. The van der Waals surface area contributed by atoms with E-state index in [1.54, 1.807) is 4.90 Å². The number of hydrogen-bond donors (Lipinski definition) is 2. The van der Waals surface area contributed by atoms with Gasteiger partial charge in [-0.05, 0) is 49.3 Å². The molecule has 2 amide bonds. The average Bonchev–Trinajstić information content (AvgIpc) is 3.40. The summed E-state index contributed by atoms with van der Waals surface area (Å²) in [5.74, 6) is 0.856. The number of nitrogens with one attached hydrogen (secondary N) is 2. The van der Waals surface area contributed by atoms with Gasteiger partial charge in [0.05, 0.1) is 15.9 Å². The number of aromatic nitrogens is 2. The number of likely N-dealkylation sites (tertiary alicyclic amines) is 1. The smallest absolute Gasteiger partial charge is 0.264 e. The number of hydrogen-bond acceptors (Lipinski definition) is 4. The third kappa shape index (κ3) is 4.09. The Balaban J connectivity index is 1.30. The van der Waals surface area contributed by atoms with Crippen molar-refractivity contribution in [3.8, 4) is 0 Å². The van der Waals surface area contributed by atoms with Crippen LogP contribution in [0.1, 0.15) is 41.2 Å². The molecule has 0 saturated carbocycles. The summed E-state index contributed by atoms with van der Waals surface area (Å²) in [6, 6.07) is 11.3. The molecule has 146 valence electrons. The highest BCUT2D eigenvalue weighted by Crippen LogP contribution is 2.22. The third-order valence-corrected chi connectivity index (χ3v) is 5.98. The van der Waals surface area contributed by atoms with Crippen molar-refractivity contribution >= 4 is 34.2 Å². The molecule has 3 aromatic rings. The fourth-order valence-electron chi connectivity index (χ4n) is 3.70.